The highest BCUT2D eigenvalue weighted by molar-refractivity contribution is 6.33. The Labute approximate surface area is 209 Å². The number of likely N-dealkylation sites (N-methyl/N-ethyl adjacent to an activating group) is 1. The van der Waals surface area contributed by atoms with Crippen LogP contribution in [0.15, 0.2) is 36.5 Å². The third-order valence-electron chi connectivity index (χ3n) is 6.12. The fourth-order valence-electron chi connectivity index (χ4n) is 4.26. The molecule has 0 aliphatic carbocycles. The summed E-state index contributed by atoms with van der Waals surface area (Å²) < 4.78 is 25.4. The van der Waals surface area contributed by atoms with Crippen LogP contribution in [0, 0.1) is 5.82 Å². The first-order valence-electron chi connectivity index (χ1n) is 11.9. The van der Waals surface area contributed by atoms with E-state index in [0.29, 0.717) is 28.9 Å². The molecule has 0 radical (unpaired) electrons. The topological polar surface area (TPSA) is 66.9 Å². The number of rotatable bonds is 8. The normalized spacial score (nSPS) is 14.3. The van der Waals surface area contributed by atoms with E-state index in [-0.39, 0.29) is 17.2 Å². The first kappa shape index (κ1) is 25.0. The van der Waals surface area contributed by atoms with E-state index in [1.165, 1.54) is 12.3 Å². The van der Waals surface area contributed by atoms with Gasteiger partial charge in [-0.15, -0.1) is 0 Å². The van der Waals surface area contributed by atoms with Gasteiger partial charge in [0.05, 0.1) is 40.8 Å². The molecule has 35 heavy (non-hydrogen) atoms. The second-order valence-electron chi connectivity index (χ2n) is 8.19. The molecule has 1 aliphatic rings. The molecule has 0 spiro atoms. The fourth-order valence-corrected chi connectivity index (χ4v) is 4.44. The number of anilines is 3. The summed E-state index contributed by atoms with van der Waals surface area (Å²) in [6.45, 7) is 11.2. The summed E-state index contributed by atoms with van der Waals surface area (Å²) in [4.78, 5) is 22.0. The molecule has 0 bridgehead atoms. The molecule has 186 valence electrons. The van der Waals surface area contributed by atoms with Gasteiger partial charge in [-0.3, -0.25) is 4.98 Å². The number of carbonyl (C=O) groups is 1. The van der Waals surface area contributed by atoms with Gasteiger partial charge in [-0.05, 0) is 38.6 Å². The van der Waals surface area contributed by atoms with Gasteiger partial charge in [-0.2, -0.15) is 0 Å². The van der Waals surface area contributed by atoms with Gasteiger partial charge in [0.15, 0.2) is 0 Å². The Morgan fingerprint density at radius 3 is 2.60 bits per heavy atom. The third-order valence-corrected chi connectivity index (χ3v) is 6.50. The van der Waals surface area contributed by atoms with Gasteiger partial charge >= 0.3 is 5.97 Å². The molecule has 2 aromatic carbocycles. The van der Waals surface area contributed by atoms with Crippen LogP contribution in [0.1, 0.15) is 31.1 Å². The lowest BCUT2D eigenvalue weighted by atomic mass is 10.1. The van der Waals surface area contributed by atoms with Crippen molar-refractivity contribution >= 4 is 45.5 Å². The lowest BCUT2D eigenvalue weighted by Gasteiger charge is -2.36. The Hall–Kier alpha value is -3.10. The van der Waals surface area contributed by atoms with Crippen LogP contribution in [-0.4, -0.2) is 61.8 Å². The van der Waals surface area contributed by atoms with Crippen molar-refractivity contribution in [2.24, 2.45) is 0 Å². The van der Waals surface area contributed by atoms with Gasteiger partial charge in [0, 0.05) is 43.8 Å². The van der Waals surface area contributed by atoms with Gasteiger partial charge in [-0.25, -0.2) is 9.18 Å². The van der Waals surface area contributed by atoms with Crippen molar-refractivity contribution in [1.29, 1.82) is 0 Å². The van der Waals surface area contributed by atoms with Crippen LogP contribution in [0.5, 0.6) is 5.75 Å². The van der Waals surface area contributed by atoms with Crippen molar-refractivity contribution in [3.05, 3.63) is 52.9 Å². The van der Waals surface area contributed by atoms with Crippen LogP contribution in [-0.2, 0) is 4.74 Å². The Kier molecular flexibility index (Phi) is 7.93. The number of pyridine rings is 1. The maximum atomic E-state index is 14.2. The summed E-state index contributed by atoms with van der Waals surface area (Å²) in [6, 6.07) is 8.36. The SMILES string of the molecule is CCOC(=O)c1cnc2cc(OCC)c(N3CCN(CC)CC3)cc2c1Nc1cccc(F)c1Cl. The van der Waals surface area contributed by atoms with Crippen LogP contribution in [0.25, 0.3) is 10.9 Å². The lowest BCUT2D eigenvalue weighted by Crippen LogP contribution is -2.46. The molecule has 1 aromatic heterocycles. The van der Waals surface area contributed by atoms with E-state index in [4.69, 9.17) is 21.1 Å². The number of benzene rings is 2. The van der Waals surface area contributed by atoms with Gasteiger partial charge in [0.1, 0.15) is 17.1 Å². The first-order valence-corrected chi connectivity index (χ1v) is 12.3. The molecule has 3 aromatic rings. The van der Waals surface area contributed by atoms with Crippen molar-refractivity contribution in [2.45, 2.75) is 20.8 Å². The summed E-state index contributed by atoms with van der Waals surface area (Å²) in [6.07, 6.45) is 1.46. The van der Waals surface area contributed by atoms with Gasteiger partial charge < -0.3 is 24.6 Å². The Morgan fingerprint density at radius 1 is 1.14 bits per heavy atom. The Balaban J connectivity index is 1.88. The first-order chi connectivity index (χ1) is 17.0. The van der Waals surface area contributed by atoms with Crippen LogP contribution in [0.3, 0.4) is 0 Å². The van der Waals surface area contributed by atoms with Crippen LogP contribution in [0.4, 0.5) is 21.5 Å². The quantitative estimate of drug-likeness (QED) is 0.410. The van der Waals surface area contributed by atoms with Gasteiger partial charge in [0.25, 0.3) is 0 Å². The predicted octanol–water partition coefficient (Wildman–Crippen LogP) is 5.49. The molecule has 0 saturated carbocycles. The number of aromatic nitrogens is 1. The molecule has 9 heteroatoms. The molecule has 1 fully saturated rings. The summed E-state index contributed by atoms with van der Waals surface area (Å²) in [5.74, 6) is -0.346. The summed E-state index contributed by atoms with van der Waals surface area (Å²) in [5.41, 5.74) is 2.60. The molecule has 0 amide bonds. The van der Waals surface area contributed by atoms with E-state index in [0.717, 1.165) is 44.2 Å². The summed E-state index contributed by atoms with van der Waals surface area (Å²) in [5, 5.41) is 3.81. The number of nitrogens with one attached hydrogen (secondary N) is 1. The number of esters is 1. The number of hydrogen-bond acceptors (Lipinski definition) is 7. The van der Waals surface area contributed by atoms with Crippen LogP contribution in [0.2, 0.25) is 5.02 Å². The van der Waals surface area contributed by atoms with E-state index >= 15 is 0 Å². The van der Waals surface area contributed by atoms with Crippen LogP contribution < -0.4 is 15.0 Å². The van der Waals surface area contributed by atoms with E-state index < -0.39 is 11.8 Å². The second-order valence-corrected chi connectivity index (χ2v) is 8.56. The van der Waals surface area contributed by atoms with E-state index in [1.807, 2.05) is 19.1 Å². The number of hydrogen-bond donors (Lipinski definition) is 1. The van der Waals surface area contributed by atoms with Crippen molar-refractivity contribution in [3.8, 4) is 5.75 Å². The Bertz CT molecular complexity index is 1210. The molecule has 1 aliphatic heterocycles. The number of nitrogens with zero attached hydrogens (tertiary/aromatic N) is 3. The Morgan fingerprint density at radius 2 is 1.91 bits per heavy atom. The van der Waals surface area contributed by atoms with Crippen molar-refractivity contribution < 1.29 is 18.7 Å². The second kappa shape index (κ2) is 11.1. The minimum atomic E-state index is -0.555. The fraction of sp³-hybridized carbons (Fsp3) is 0.385. The zero-order valence-corrected chi connectivity index (χ0v) is 21.0. The average Bonchev–Trinajstić information content (AvgIpc) is 2.87. The number of carbonyl (C=O) groups excluding carboxylic acids is 1. The summed E-state index contributed by atoms with van der Waals surface area (Å²) in [7, 11) is 0. The highest BCUT2D eigenvalue weighted by Crippen LogP contribution is 2.39. The van der Waals surface area contributed by atoms with Crippen molar-refractivity contribution in [1.82, 2.24) is 9.88 Å². The van der Waals surface area contributed by atoms with Crippen LogP contribution >= 0.6 is 11.6 Å². The monoisotopic (exact) mass is 500 g/mol. The predicted molar refractivity (Wildman–Crippen MR) is 138 cm³/mol. The molecule has 7 nitrogen and oxygen atoms in total. The molecule has 1 N–H and O–H groups in total. The standard InChI is InChI=1S/C26H30ClFN4O3/c1-4-31-10-12-32(13-11-31)22-14-17-21(15-23(22)34-5-2)29-16-18(26(33)35-6-3)25(17)30-20-9-7-8-19(28)24(20)27/h7-9,14-16H,4-6,10-13H2,1-3H3,(H,29,30). The largest absolute Gasteiger partial charge is 0.492 e. The van der Waals surface area contributed by atoms with E-state index in [9.17, 15) is 9.18 Å². The molecule has 2 heterocycles. The maximum Gasteiger partial charge on any atom is 0.341 e. The molecular weight excluding hydrogens is 471 g/mol. The highest BCUT2D eigenvalue weighted by atomic mass is 35.5. The third kappa shape index (κ3) is 5.28. The molecule has 4 rings (SSSR count). The zero-order chi connectivity index (χ0) is 24.9. The van der Waals surface area contributed by atoms with Gasteiger partial charge in [-0.1, -0.05) is 24.6 Å². The lowest BCUT2D eigenvalue weighted by molar-refractivity contribution is 0.0527. The van der Waals surface area contributed by atoms with Gasteiger partial charge in [0.2, 0.25) is 0 Å². The average molecular weight is 501 g/mol. The minimum Gasteiger partial charge on any atom is -0.492 e. The molecule has 1 saturated heterocycles. The molecular formula is C26H30ClFN4O3. The van der Waals surface area contributed by atoms with Crippen molar-refractivity contribution in [3.63, 3.8) is 0 Å². The minimum absolute atomic E-state index is 0.0610. The number of ether oxygens (including phenoxy) is 2. The molecule has 0 unspecified atom stereocenters. The van der Waals surface area contributed by atoms with E-state index in [1.54, 1.807) is 19.1 Å². The van der Waals surface area contributed by atoms with E-state index in [2.05, 4.69) is 27.0 Å². The number of halogens is 2. The highest BCUT2D eigenvalue weighted by Gasteiger charge is 2.23. The smallest absolute Gasteiger partial charge is 0.341 e. The van der Waals surface area contributed by atoms with Crippen molar-refractivity contribution in [2.75, 3.05) is 56.2 Å². The zero-order valence-electron chi connectivity index (χ0n) is 20.2. The maximum absolute atomic E-state index is 14.2. The summed E-state index contributed by atoms with van der Waals surface area (Å²) >= 11 is 6.23. The number of fused-ring (bicyclic) bond motifs is 1. The molecule has 0 atom stereocenters. The number of piperazine rings is 1.